The average Bonchev–Trinajstić information content (AvgIpc) is 2.74. The van der Waals surface area contributed by atoms with Gasteiger partial charge in [-0.25, -0.2) is 12.8 Å². The van der Waals surface area contributed by atoms with Crippen LogP contribution in [0.25, 0.3) is 0 Å². The summed E-state index contributed by atoms with van der Waals surface area (Å²) in [5.74, 6) is -0.211. The van der Waals surface area contributed by atoms with Crippen molar-refractivity contribution in [1.82, 2.24) is 14.4 Å². The van der Waals surface area contributed by atoms with Gasteiger partial charge in [-0.05, 0) is 18.6 Å². The van der Waals surface area contributed by atoms with Crippen molar-refractivity contribution in [3.05, 3.63) is 41.3 Å². The Kier molecular flexibility index (Phi) is 3.87. The second kappa shape index (κ2) is 5.29. The van der Waals surface area contributed by atoms with Crippen molar-refractivity contribution in [2.45, 2.75) is 25.3 Å². The first kappa shape index (κ1) is 14.6. The van der Waals surface area contributed by atoms with E-state index in [4.69, 9.17) is 4.52 Å². The lowest BCUT2D eigenvalue weighted by Gasteiger charge is -2.17. The minimum atomic E-state index is -3.95. The maximum absolute atomic E-state index is 13.8. The summed E-state index contributed by atoms with van der Waals surface area (Å²) in [5, 5.41) is 3.62. The Morgan fingerprint density at radius 3 is 2.60 bits per heavy atom. The number of nitrogens with zero attached hydrogens (tertiary/aromatic N) is 3. The minimum absolute atomic E-state index is 0.0898. The lowest BCUT2D eigenvalue weighted by atomic mass is 10.2. The lowest BCUT2D eigenvalue weighted by Crippen LogP contribution is -2.28. The molecule has 6 nitrogen and oxygen atoms in total. The third kappa shape index (κ3) is 2.70. The van der Waals surface area contributed by atoms with Gasteiger partial charge in [-0.1, -0.05) is 17.3 Å². The number of benzene rings is 1. The molecule has 0 bridgehead atoms. The van der Waals surface area contributed by atoms with Gasteiger partial charge in [0.15, 0.2) is 5.82 Å². The zero-order valence-electron chi connectivity index (χ0n) is 11.3. The fourth-order valence-corrected chi connectivity index (χ4v) is 3.18. The Morgan fingerprint density at radius 2 is 2.05 bits per heavy atom. The molecule has 2 rings (SSSR count). The summed E-state index contributed by atoms with van der Waals surface area (Å²) in [6.45, 7) is 3.06. The second-order valence-electron chi connectivity index (χ2n) is 4.38. The van der Waals surface area contributed by atoms with Crippen molar-refractivity contribution < 1.29 is 17.3 Å². The molecule has 0 aliphatic heterocycles. The zero-order chi connectivity index (χ0) is 14.9. The van der Waals surface area contributed by atoms with Crippen LogP contribution in [0.2, 0.25) is 0 Å². The van der Waals surface area contributed by atoms with E-state index in [0.29, 0.717) is 11.5 Å². The zero-order valence-corrected chi connectivity index (χ0v) is 12.1. The Morgan fingerprint density at radius 1 is 1.35 bits per heavy atom. The van der Waals surface area contributed by atoms with Crippen molar-refractivity contribution in [2.75, 3.05) is 7.05 Å². The van der Waals surface area contributed by atoms with Crippen molar-refractivity contribution >= 4 is 10.0 Å². The van der Waals surface area contributed by atoms with Crippen LogP contribution < -0.4 is 0 Å². The summed E-state index contributed by atoms with van der Waals surface area (Å²) in [7, 11) is -2.61. The average molecular weight is 299 g/mol. The summed E-state index contributed by atoms with van der Waals surface area (Å²) in [6, 6.07) is 4.13. The molecule has 0 aliphatic rings. The minimum Gasteiger partial charge on any atom is -0.340 e. The number of hydrogen-bond donors (Lipinski definition) is 0. The van der Waals surface area contributed by atoms with Crippen LogP contribution in [-0.2, 0) is 16.6 Å². The van der Waals surface area contributed by atoms with Gasteiger partial charge in [-0.2, -0.15) is 9.29 Å². The van der Waals surface area contributed by atoms with Crippen molar-refractivity contribution in [2.24, 2.45) is 0 Å². The Hall–Kier alpha value is -1.80. The van der Waals surface area contributed by atoms with Crippen LogP contribution >= 0.6 is 0 Å². The molecular formula is C12H14FN3O3S. The number of hydrogen-bond acceptors (Lipinski definition) is 5. The van der Waals surface area contributed by atoms with Crippen LogP contribution in [0.4, 0.5) is 4.39 Å². The molecular weight excluding hydrogens is 285 g/mol. The van der Waals surface area contributed by atoms with Crippen LogP contribution in [-0.4, -0.2) is 29.9 Å². The molecule has 0 amide bonds. The highest BCUT2D eigenvalue weighted by atomic mass is 32.2. The number of aromatic nitrogens is 2. The Bertz CT molecular complexity index is 707. The molecule has 20 heavy (non-hydrogen) atoms. The first-order chi connectivity index (χ1) is 9.32. The van der Waals surface area contributed by atoms with Gasteiger partial charge in [0.2, 0.25) is 15.9 Å². The first-order valence-electron chi connectivity index (χ1n) is 5.83. The Labute approximate surface area is 116 Å². The molecule has 1 heterocycles. The van der Waals surface area contributed by atoms with E-state index in [2.05, 4.69) is 10.1 Å². The fraction of sp³-hybridized carbons (Fsp3) is 0.333. The smallest absolute Gasteiger partial charge is 0.246 e. The van der Waals surface area contributed by atoms with Crippen molar-refractivity contribution in [3.8, 4) is 0 Å². The van der Waals surface area contributed by atoms with Gasteiger partial charge in [0.1, 0.15) is 10.7 Å². The topological polar surface area (TPSA) is 76.3 Å². The summed E-state index contributed by atoms with van der Waals surface area (Å²) in [5.41, 5.74) is 0.348. The highest BCUT2D eigenvalue weighted by molar-refractivity contribution is 7.89. The molecule has 0 saturated carbocycles. The summed E-state index contributed by atoms with van der Waals surface area (Å²) in [4.78, 5) is 3.59. The highest BCUT2D eigenvalue weighted by Crippen LogP contribution is 2.22. The van der Waals surface area contributed by atoms with Gasteiger partial charge in [0.05, 0.1) is 6.54 Å². The molecule has 8 heteroatoms. The van der Waals surface area contributed by atoms with Gasteiger partial charge in [-0.15, -0.1) is 0 Å². The predicted octanol–water partition coefficient (Wildman–Crippen LogP) is 1.65. The third-order valence-electron chi connectivity index (χ3n) is 2.77. The molecule has 0 saturated heterocycles. The number of aryl methyl sites for hydroxylation is 2. The van der Waals surface area contributed by atoms with E-state index in [1.807, 2.05) is 0 Å². The van der Waals surface area contributed by atoms with Gasteiger partial charge in [0, 0.05) is 14.0 Å². The van der Waals surface area contributed by atoms with Gasteiger partial charge >= 0.3 is 0 Å². The van der Waals surface area contributed by atoms with Crippen LogP contribution in [0.15, 0.2) is 27.6 Å². The number of sulfonamides is 1. The van der Waals surface area contributed by atoms with E-state index in [1.165, 1.54) is 13.1 Å². The van der Waals surface area contributed by atoms with Crippen LogP contribution in [0.5, 0.6) is 0 Å². The molecule has 1 aromatic carbocycles. The highest BCUT2D eigenvalue weighted by Gasteiger charge is 2.27. The Balaban J connectivity index is 2.35. The molecule has 0 unspecified atom stereocenters. The molecule has 1 aromatic heterocycles. The van der Waals surface area contributed by atoms with E-state index in [9.17, 15) is 12.8 Å². The maximum atomic E-state index is 13.8. The number of halogens is 1. The SMILES string of the molecule is Cc1nc(CN(C)S(=O)(=O)c2c(C)cccc2F)no1. The van der Waals surface area contributed by atoms with E-state index in [-0.39, 0.29) is 17.3 Å². The van der Waals surface area contributed by atoms with E-state index in [1.54, 1.807) is 19.9 Å². The largest absolute Gasteiger partial charge is 0.340 e. The molecule has 0 N–H and O–H groups in total. The monoisotopic (exact) mass is 299 g/mol. The lowest BCUT2D eigenvalue weighted by molar-refractivity contribution is 0.376. The fourth-order valence-electron chi connectivity index (χ4n) is 1.79. The quantitative estimate of drug-likeness (QED) is 0.858. The van der Waals surface area contributed by atoms with E-state index >= 15 is 0 Å². The normalized spacial score (nSPS) is 12.1. The summed E-state index contributed by atoms with van der Waals surface area (Å²) >= 11 is 0. The molecule has 0 spiro atoms. The van der Waals surface area contributed by atoms with Gasteiger partial charge in [0.25, 0.3) is 0 Å². The second-order valence-corrected chi connectivity index (χ2v) is 6.36. The number of rotatable bonds is 4. The molecule has 2 aromatic rings. The molecule has 0 aliphatic carbocycles. The third-order valence-corrected chi connectivity index (χ3v) is 4.75. The molecule has 0 fully saturated rings. The molecule has 0 radical (unpaired) electrons. The van der Waals surface area contributed by atoms with Crippen molar-refractivity contribution in [1.29, 1.82) is 0 Å². The van der Waals surface area contributed by atoms with Gasteiger partial charge < -0.3 is 4.52 Å². The predicted molar refractivity (Wildman–Crippen MR) is 68.8 cm³/mol. The van der Waals surface area contributed by atoms with Crippen LogP contribution in [0.1, 0.15) is 17.3 Å². The summed E-state index contributed by atoms with van der Waals surface area (Å²) < 4.78 is 44.3. The summed E-state index contributed by atoms with van der Waals surface area (Å²) in [6.07, 6.45) is 0. The first-order valence-corrected chi connectivity index (χ1v) is 7.27. The van der Waals surface area contributed by atoms with E-state index < -0.39 is 15.8 Å². The van der Waals surface area contributed by atoms with Crippen LogP contribution in [0.3, 0.4) is 0 Å². The molecule has 0 atom stereocenters. The standard InChI is InChI=1S/C12H14FN3O3S/c1-8-5-4-6-10(13)12(8)20(17,18)16(3)7-11-14-9(2)19-15-11/h4-6H,7H2,1-3H3. The van der Waals surface area contributed by atoms with Crippen LogP contribution in [0, 0.1) is 19.7 Å². The maximum Gasteiger partial charge on any atom is 0.246 e. The molecule has 108 valence electrons. The van der Waals surface area contributed by atoms with Crippen molar-refractivity contribution in [3.63, 3.8) is 0 Å². The van der Waals surface area contributed by atoms with E-state index in [0.717, 1.165) is 10.4 Å². The van der Waals surface area contributed by atoms with Gasteiger partial charge in [-0.3, -0.25) is 0 Å².